The summed E-state index contributed by atoms with van der Waals surface area (Å²) in [5.41, 5.74) is 1.86. The summed E-state index contributed by atoms with van der Waals surface area (Å²) in [7, 11) is 0. The fourth-order valence-corrected chi connectivity index (χ4v) is 2.09. The summed E-state index contributed by atoms with van der Waals surface area (Å²) < 4.78 is 0. The molecule has 1 aliphatic rings. The molecule has 82 valence electrons. The Morgan fingerprint density at radius 2 is 2.12 bits per heavy atom. The molecule has 0 atom stereocenters. The van der Waals surface area contributed by atoms with Crippen molar-refractivity contribution in [1.82, 2.24) is 5.32 Å². The SMILES string of the molecule is O=C(NCc1ccccc1)C1=CSCC=C1. The Labute approximate surface area is 99.4 Å². The number of hydrogen-bond acceptors (Lipinski definition) is 2. The Morgan fingerprint density at radius 1 is 1.31 bits per heavy atom. The largest absolute Gasteiger partial charge is 0.348 e. The first-order chi connectivity index (χ1) is 7.86. The van der Waals surface area contributed by atoms with Gasteiger partial charge in [0.15, 0.2) is 0 Å². The molecule has 0 saturated carbocycles. The lowest BCUT2D eigenvalue weighted by Crippen LogP contribution is -2.24. The zero-order valence-corrected chi connectivity index (χ0v) is 9.67. The van der Waals surface area contributed by atoms with Crippen molar-refractivity contribution in [2.45, 2.75) is 6.54 Å². The highest BCUT2D eigenvalue weighted by Gasteiger charge is 2.07. The van der Waals surface area contributed by atoms with E-state index in [-0.39, 0.29) is 5.91 Å². The van der Waals surface area contributed by atoms with E-state index in [0.717, 1.165) is 16.9 Å². The van der Waals surface area contributed by atoms with Crippen LogP contribution in [0, 0.1) is 0 Å². The van der Waals surface area contributed by atoms with Gasteiger partial charge in [0.05, 0.1) is 0 Å². The summed E-state index contributed by atoms with van der Waals surface area (Å²) in [4.78, 5) is 11.7. The molecule has 0 spiro atoms. The molecule has 0 aromatic heterocycles. The van der Waals surface area contributed by atoms with E-state index in [0.29, 0.717) is 6.54 Å². The number of carbonyl (C=O) groups is 1. The van der Waals surface area contributed by atoms with E-state index in [1.54, 1.807) is 11.8 Å². The van der Waals surface area contributed by atoms with Crippen molar-refractivity contribution >= 4 is 17.7 Å². The fraction of sp³-hybridized carbons (Fsp3) is 0.154. The summed E-state index contributed by atoms with van der Waals surface area (Å²) in [6.07, 6.45) is 3.87. The minimum absolute atomic E-state index is 0.00713. The van der Waals surface area contributed by atoms with Crippen molar-refractivity contribution in [1.29, 1.82) is 0 Å². The second-order valence-electron chi connectivity index (χ2n) is 3.48. The summed E-state index contributed by atoms with van der Waals surface area (Å²) >= 11 is 1.64. The molecule has 2 nitrogen and oxygen atoms in total. The first-order valence-corrected chi connectivity index (χ1v) is 6.21. The normalized spacial score (nSPS) is 14.4. The number of carbonyl (C=O) groups excluding carboxylic acids is 1. The smallest absolute Gasteiger partial charge is 0.252 e. The van der Waals surface area contributed by atoms with Gasteiger partial charge in [-0.25, -0.2) is 0 Å². The fourth-order valence-electron chi connectivity index (χ4n) is 1.42. The topological polar surface area (TPSA) is 29.1 Å². The molecule has 0 bridgehead atoms. The van der Waals surface area contributed by atoms with E-state index in [1.807, 2.05) is 47.9 Å². The van der Waals surface area contributed by atoms with Crippen molar-refractivity contribution in [3.8, 4) is 0 Å². The molecular formula is C13H13NOS. The summed E-state index contributed by atoms with van der Waals surface area (Å²) in [6, 6.07) is 9.91. The van der Waals surface area contributed by atoms with Crippen LogP contribution in [0.3, 0.4) is 0 Å². The highest BCUT2D eigenvalue weighted by molar-refractivity contribution is 8.02. The number of benzene rings is 1. The van der Waals surface area contributed by atoms with Crippen LogP contribution in [0.15, 0.2) is 53.5 Å². The highest BCUT2D eigenvalue weighted by Crippen LogP contribution is 2.14. The van der Waals surface area contributed by atoms with E-state index in [2.05, 4.69) is 5.32 Å². The number of rotatable bonds is 3. The Balaban J connectivity index is 1.89. The molecule has 1 amide bonds. The molecule has 1 aromatic rings. The van der Waals surface area contributed by atoms with Gasteiger partial charge in [0.25, 0.3) is 5.91 Å². The van der Waals surface area contributed by atoms with Crippen molar-refractivity contribution in [3.05, 3.63) is 59.0 Å². The molecular weight excluding hydrogens is 218 g/mol. The van der Waals surface area contributed by atoms with Gasteiger partial charge >= 0.3 is 0 Å². The zero-order valence-electron chi connectivity index (χ0n) is 8.85. The molecule has 16 heavy (non-hydrogen) atoms. The monoisotopic (exact) mass is 231 g/mol. The zero-order chi connectivity index (χ0) is 11.2. The maximum absolute atomic E-state index is 11.7. The van der Waals surface area contributed by atoms with E-state index in [9.17, 15) is 4.79 Å². The number of amides is 1. The van der Waals surface area contributed by atoms with Gasteiger partial charge in [-0.15, -0.1) is 11.8 Å². The standard InChI is InChI=1S/C13H13NOS/c15-13(12-7-4-8-16-10-12)14-9-11-5-2-1-3-6-11/h1-7,10H,8-9H2,(H,14,15). The molecule has 3 heteroatoms. The number of thioether (sulfide) groups is 1. The molecule has 1 heterocycles. The second-order valence-corrected chi connectivity index (χ2v) is 4.38. The predicted octanol–water partition coefficient (Wildman–Crippen LogP) is 2.49. The number of nitrogens with one attached hydrogen (secondary N) is 1. The van der Waals surface area contributed by atoms with Crippen LogP contribution < -0.4 is 5.32 Å². The van der Waals surface area contributed by atoms with Crippen LogP contribution in [0.1, 0.15) is 5.56 Å². The molecule has 0 aliphatic carbocycles. The Bertz CT molecular complexity index is 423. The van der Waals surface area contributed by atoms with Gasteiger partial charge in [0.2, 0.25) is 0 Å². The van der Waals surface area contributed by atoms with Gasteiger partial charge in [-0.1, -0.05) is 42.5 Å². The molecule has 2 rings (SSSR count). The number of hydrogen-bond donors (Lipinski definition) is 1. The first-order valence-electron chi connectivity index (χ1n) is 5.17. The van der Waals surface area contributed by atoms with Crippen LogP contribution in [0.5, 0.6) is 0 Å². The van der Waals surface area contributed by atoms with Crippen molar-refractivity contribution in [3.63, 3.8) is 0 Å². The van der Waals surface area contributed by atoms with Crippen LogP contribution >= 0.6 is 11.8 Å². The lowest BCUT2D eigenvalue weighted by Gasteiger charge is -2.08. The van der Waals surface area contributed by atoms with Crippen molar-refractivity contribution in [2.24, 2.45) is 0 Å². The Hall–Kier alpha value is -1.48. The molecule has 0 fully saturated rings. The minimum Gasteiger partial charge on any atom is -0.348 e. The summed E-state index contributed by atoms with van der Waals surface area (Å²) in [5, 5.41) is 4.80. The van der Waals surface area contributed by atoms with Gasteiger partial charge in [-0.2, -0.15) is 0 Å². The lowest BCUT2D eigenvalue weighted by molar-refractivity contribution is -0.117. The van der Waals surface area contributed by atoms with Crippen molar-refractivity contribution in [2.75, 3.05) is 5.75 Å². The van der Waals surface area contributed by atoms with E-state index < -0.39 is 0 Å². The van der Waals surface area contributed by atoms with Crippen LogP contribution in [0.25, 0.3) is 0 Å². The third-order valence-corrected chi connectivity index (χ3v) is 3.06. The maximum Gasteiger partial charge on any atom is 0.252 e. The summed E-state index contributed by atoms with van der Waals surface area (Å²) in [6.45, 7) is 0.579. The van der Waals surface area contributed by atoms with E-state index in [4.69, 9.17) is 0 Å². The third-order valence-electron chi connectivity index (χ3n) is 2.26. The Morgan fingerprint density at radius 3 is 2.81 bits per heavy atom. The van der Waals surface area contributed by atoms with E-state index >= 15 is 0 Å². The third kappa shape index (κ3) is 3.00. The van der Waals surface area contributed by atoms with Crippen LogP contribution in [-0.2, 0) is 11.3 Å². The maximum atomic E-state index is 11.7. The van der Waals surface area contributed by atoms with Crippen LogP contribution in [0.2, 0.25) is 0 Å². The van der Waals surface area contributed by atoms with Crippen LogP contribution in [-0.4, -0.2) is 11.7 Å². The lowest BCUT2D eigenvalue weighted by atomic mass is 10.2. The van der Waals surface area contributed by atoms with Gasteiger partial charge in [-0.05, 0) is 11.0 Å². The highest BCUT2D eigenvalue weighted by atomic mass is 32.2. The molecule has 0 saturated heterocycles. The quantitative estimate of drug-likeness (QED) is 0.866. The average Bonchev–Trinajstić information content (AvgIpc) is 2.38. The van der Waals surface area contributed by atoms with E-state index in [1.165, 1.54) is 0 Å². The first kappa shape index (κ1) is 11.0. The van der Waals surface area contributed by atoms with Gasteiger partial charge in [-0.3, -0.25) is 4.79 Å². The van der Waals surface area contributed by atoms with Crippen molar-refractivity contribution < 1.29 is 4.79 Å². The Kier molecular flexibility index (Phi) is 3.83. The average molecular weight is 231 g/mol. The molecule has 0 unspecified atom stereocenters. The molecule has 0 radical (unpaired) electrons. The minimum atomic E-state index is -0.00713. The molecule has 1 aliphatic heterocycles. The van der Waals surface area contributed by atoms with Gasteiger partial charge in [0, 0.05) is 17.9 Å². The van der Waals surface area contributed by atoms with Gasteiger partial charge in [0.1, 0.15) is 0 Å². The predicted molar refractivity (Wildman–Crippen MR) is 68.0 cm³/mol. The van der Waals surface area contributed by atoms with Gasteiger partial charge < -0.3 is 5.32 Å². The molecule has 1 aromatic carbocycles. The molecule has 1 N–H and O–H groups in total. The second kappa shape index (κ2) is 5.56. The van der Waals surface area contributed by atoms with Crippen LogP contribution in [0.4, 0.5) is 0 Å². The summed E-state index contributed by atoms with van der Waals surface area (Å²) in [5.74, 6) is 0.947.